The van der Waals surface area contributed by atoms with E-state index in [0.29, 0.717) is 0 Å². The highest BCUT2D eigenvalue weighted by Gasteiger charge is 2.38. The molecule has 1 atom stereocenters. The van der Waals surface area contributed by atoms with Crippen LogP contribution in [-0.4, -0.2) is 16.5 Å². The summed E-state index contributed by atoms with van der Waals surface area (Å²) >= 11 is 1.41. The van der Waals surface area contributed by atoms with Crippen molar-refractivity contribution in [2.24, 2.45) is 4.99 Å². The normalized spacial score (nSPS) is 26.6. The Labute approximate surface area is 83.8 Å². The fourth-order valence-electron chi connectivity index (χ4n) is 1.50. The van der Waals surface area contributed by atoms with E-state index in [2.05, 4.69) is 4.99 Å². The van der Waals surface area contributed by atoms with Crippen molar-refractivity contribution >= 4 is 16.8 Å². The molecular formula is C9H8F3NS. The molecule has 2 rings (SSSR count). The van der Waals surface area contributed by atoms with Crippen LogP contribution in [0.4, 0.5) is 13.2 Å². The first-order valence-corrected chi connectivity index (χ1v) is 5.04. The third kappa shape index (κ3) is 1.73. The molecule has 1 nitrogen and oxygen atoms in total. The highest BCUT2D eigenvalue weighted by Crippen LogP contribution is 2.41. The summed E-state index contributed by atoms with van der Waals surface area (Å²) in [5.74, 6) is 0. The van der Waals surface area contributed by atoms with E-state index in [4.69, 9.17) is 0 Å². The quantitative estimate of drug-likeness (QED) is 0.609. The van der Waals surface area contributed by atoms with E-state index in [1.165, 1.54) is 17.8 Å². The van der Waals surface area contributed by atoms with E-state index >= 15 is 0 Å². The van der Waals surface area contributed by atoms with Gasteiger partial charge in [-0.25, -0.2) is 0 Å². The van der Waals surface area contributed by atoms with Crippen molar-refractivity contribution in [2.75, 3.05) is 0 Å². The molecule has 76 valence electrons. The largest absolute Gasteiger partial charge is 0.412 e. The number of allylic oxidation sites excluding steroid dienone is 3. The molecule has 0 radical (unpaired) electrons. The highest BCUT2D eigenvalue weighted by atomic mass is 32.2. The molecule has 0 spiro atoms. The van der Waals surface area contributed by atoms with Gasteiger partial charge in [-0.1, -0.05) is 6.08 Å². The Morgan fingerprint density at radius 1 is 1.43 bits per heavy atom. The fourth-order valence-corrected chi connectivity index (χ4v) is 2.59. The predicted octanol–water partition coefficient (Wildman–Crippen LogP) is 3.30. The number of rotatable bonds is 0. The topological polar surface area (TPSA) is 12.4 Å². The maximum atomic E-state index is 12.4. The molecule has 1 aliphatic heterocycles. The number of hydrogen-bond acceptors (Lipinski definition) is 2. The maximum absolute atomic E-state index is 12.4. The monoisotopic (exact) mass is 219 g/mol. The summed E-state index contributed by atoms with van der Waals surface area (Å²) in [7, 11) is 0. The minimum atomic E-state index is -4.20. The lowest BCUT2D eigenvalue weighted by atomic mass is 10.0. The van der Waals surface area contributed by atoms with Crippen molar-refractivity contribution in [3.05, 3.63) is 23.4 Å². The van der Waals surface area contributed by atoms with Gasteiger partial charge in [-0.2, -0.15) is 13.2 Å². The number of fused-ring (bicyclic) bond motifs is 1. The molecule has 0 fully saturated rings. The van der Waals surface area contributed by atoms with E-state index in [0.717, 1.165) is 16.8 Å². The molecule has 5 heteroatoms. The Morgan fingerprint density at radius 3 is 2.79 bits per heavy atom. The van der Waals surface area contributed by atoms with Gasteiger partial charge < -0.3 is 0 Å². The average Bonchev–Trinajstić information content (AvgIpc) is 2.41. The lowest BCUT2D eigenvalue weighted by Gasteiger charge is -2.18. The lowest BCUT2D eigenvalue weighted by molar-refractivity contribution is -0.0939. The van der Waals surface area contributed by atoms with Crippen LogP contribution in [0.25, 0.3) is 0 Å². The van der Waals surface area contributed by atoms with Crippen molar-refractivity contribution in [3.8, 4) is 0 Å². The second-order valence-electron chi connectivity index (χ2n) is 3.22. The van der Waals surface area contributed by atoms with E-state index in [1.807, 2.05) is 6.92 Å². The molecule has 0 saturated heterocycles. The van der Waals surface area contributed by atoms with Crippen molar-refractivity contribution in [1.29, 1.82) is 0 Å². The highest BCUT2D eigenvalue weighted by molar-refractivity contribution is 8.14. The molecule has 1 heterocycles. The molecule has 0 bridgehead atoms. The smallest absolute Gasteiger partial charge is 0.250 e. The van der Waals surface area contributed by atoms with Gasteiger partial charge in [-0.15, -0.1) is 11.8 Å². The molecule has 2 aliphatic rings. The molecule has 1 unspecified atom stereocenters. The van der Waals surface area contributed by atoms with E-state index in [9.17, 15) is 13.2 Å². The summed E-state index contributed by atoms with van der Waals surface area (Å²) in [6.07, 6.45) is -1.55. The minimum absolute atomic E-state index is 0.0425. The van der Waals surface area contributed by atoms with Crippen molar-refractivity contribution in [3.63, 3.8) is 0 Å². The molecule has 0 aromatic heterocycles. The Kier molecular flexibility index (Phi) is 2.21. The molecule has 14 heavy (non-hydrogen) atoms. The molecule has 0 aromatic rings. The van der Waals surface area contributed by atoms with Gasteiger partial charge in [0.1, 0.15) is 0 Å². The Bertz CT molecular complexity index is 352. The van der Waals surface area contributed by atoms with Crippen LogP contribution in [0, 0.1) is 0 Å². The summed E-state index contributed by atoms with van der Waals surface area (Å²) < 4.78 is 37.1. The van der Waals surface area contributed by atoms with Crippen LogP contribution < -0.4 is 0 Å². The summed E-state index contributed by atoms with van der Waals surface area (Å²) in [6, 6.07) is 0. The van der Waals surface area contributed by atoms with Crippen molar-refractivity contribution in [2.45, 2.75) is 24.8 Å². The Balaban J connectivity index is 2.24. The predicted molar refractivity (Wildman–Crippen MR) is 51.3 cm³/mol. The molecule has 0 aromatic carbocycles. The minimum Gasteiger partial charge on any atom is -0.250 e. The van der Waals surface area contributed by atoms with Gasteiger partial charge in [0.25, 0.3) is 0 Å². The van der Waals surface area contributed by atoms with Crippen LogP contribution in [0.3, 0.4) is 0 Å². The number of thioether (sulfide) groups is 1. The van der Waals surface area contributed by atoms with Crippen LogP contribution in [-0.2, 0) is 0 Å². The van der Waals surface area contributed by atoms with Gasteiger partial charge in [-0.05, 0) is 19.4 Å². The number of nitrogens with zero attached hydrogens (tertiary/aromatic N) is 1. The maximum Gasteiger partial charge on any atom is 0.412 e. The first-order chi connectivity index (χ1) is 6.47. The average molecular weight is 219 g/mol. The lowest BCUT2D eigenvalue weighted by Crippen LogP contribution is -2.18. The Hall–Kier alpha value is -0.710. The third-order valence-corrected chi connectivity index (χ3v) is 3.28. The summed E-state index contributed by atoms with van der Waals surface area (Å²) in [4.78, 5) is 4.16. The van der Waals surface area contributed by atoms with Crippen LogP contribution in [0.15, 0.2) is 28.4 Å². The second kappa shape index (κ2) is 3.15. The molecule has 1 aliphatic carbocycles. The second-order valence-corrected chi connectivity index (χ2v) is 4.62. The fraction of sp³-hybridized carbons (Fsp3) is 0.444. The molecule has 0 saturated carbocycles. The third-order valence-electron chi connectivity index (χ3n) is 2.15. The number of hydrogen-bond donors (Lipinski definition) is 0. The van der Waals surface area contributed by atoms with E-state index in [1.54, 1.807) is 0 Å². The summed E-state index contributed by atoms with van der Waals surface area (Å²) in [5.41, 5.74) is 0.309. The van der Waals surface area contributed by atoms with E-state index < -0.39 is 11.7 Å². The number of halogens is 3. The van der Waals surface area contributed by atoms with Gasteiger partial charge >= 0.3 is 6.18 Å². The zero-order chi connectivity index (χ0) is 10.3. The van der Waals surface area contributed by atoms with Gasteiger partial charge in [0, 0.05) is 5.57 Å². The first kappa shape index (κ1) is 9.83. The van der Waals surface area contributed by atoms with Gasteiger partial charge in [0.2, 0.25) is 0 Å². The molecule has 0 amide bonds. The van der Waals surface area contributed by atoms with Crippen LogP contribution in [0.1, 0.15) is 13.3 Å². The van der Waals surface area contributed by atoms with Gasteiger partial charge in [0.15, 0.2) is 0 Å². The standard InChI is InChI=1S/C9H8F3NS/c1-5-13-7-3-2-6(9(10,11)12)4-8(7)14-5/h2-3,8H,4H2,1H3. The van der Waals surface area contributed by atoms with Gasteiger partial charge in [0.05, 0.1) is 16.0 Å². The van der Waals surface area contributed by atoms with Crippen molar-refractivity contribution in [1.82, 2.24) is 0 Å². The van der Waals surface area contributed by atoms with E-state index in [-0.39, 0.29) is 11.7 Å². The zero-order valence-electron chi connectivity index (χ0n) is 7.43. The number of aliphatic imine (C=N–C) groups is 1. The Morgan fingerprint density at radius 2 is 2.14 bits per heavy atom. The molecule has 0 N–H and O–H groups in total. The zero-order valence-corrected chi connectivity index (χ0v) is 8.25. The SMILES string of the molecule is CC1=NC2=CC=C(C(F)(F)F)CC2S1. The van der Waals surface area contributed by atoms with Crippen molar-refractivity contribution < 1.29 is 13.2 Å². The summed E-state index contributed by atoms with van der Waals surface area (Å²) in [5, 5.41) is 0.717. The number of alkyl halides is 3. The molecular weight excluding hydrogens is 211 g/mol. The summed E-state index contributed by atoms with van der Waals surface area (Å²) in [6.45, 7) is 1.82. The van der Waals surface area contributed by atoms with Gasteiger partial charge in [-0.3, -0.25) is 4.99 Å². The van der Waals surface area contributed by atoms with Crippen LogP contribution >= 0.6 is 11.8 Å². The first-order valence-electron chi connectivity index (χ1n) is 4.17. The van der Waals surface area contributed by atoms with Crippen LogP contribution in [0.2, 0.25) is 0 Å². The van der Waals surface area contributed by atoms with Crippen LogP contribution in [0.5, 0.6) is 0 Å².